The van der Waals surface area contributed by atoms with Crippen molar-refractivity contribution in [2.24, 2.45) is 0 Å². The maximum atomic E-state index is 4.82. The molecule has 0 N–H and O–H groups in total. The second-order valence-electron chi connectivity index (χ2n) is 1.31. The number of hydrogen-bond acceptors (Lipinski definition) is 2. The summed E-state index contributed by atoms with van der Waals surface area (Å²) >= 11 is 0. The standard InChI is InChI=1S/C6H6NO.Tm/c1-8-6-2-4-7-5-3-6;/h2,4-5H,1H3;/q-1;. The first-order chi connectivity index (χ1) is 3.93. The van der Waals surface area contributed by atoms with E-state index in [9.17, 15) is 0 Å². The molecule has 1 heterocycles. The molecule has 0 saturated carbocycles. The van der Waals surface area contributed by atoms with Gasteiger partial charge in [-0.3, -0.25) is 0 Å². The Bertz CT molecular complexity index is 154. The first kappa shape index (κ1) is 9.18. The summed E-state index contributed by atoms with van der Waals surface area (Å²) < 4.78 is 4.82. The van der Waals surface area contributed by atoms with E-state index in [1.54, 1.807) is 25.6 Å². The number of ether oxygens (including phenoxy) is 1. The fourth-order valence-corrected chi connectivity index (χ4v) is 0.430. The molecule has 0 saturated heterocycles. The van der Waals surface area contributed by atoms with Gasteiger partial charge in [-0.2, -0.15) is 12.1 Å². The monoisotopic (exact) mass is 277 g/mol. The van der Waals surface area contributed by atoms with E-state index in [0.29, 0.717) is 0 Å². The van der Waals surface area contributed by atoms with Gasteiger partial charge in [-0.25, -0.2) is 0 Å². The minimum atomic E-state index is 0. The number of methoxy groups -OCH3 is 1. The summed E-state index contributed by atoms with van der Waals surface area (Å²) in [7, 11) is 1.60. The van der Waals surface area contributed by atoms with E-state index in [1.165, 1.54) is 0 Å². The largest absolute Gasteiger partial charge is 0.535 e. The predicted octanol–water partition coefficient (Wildman–Crippen LogP) is 0.890. The van der Waals surface area contributed by atoms with Crippen LogP contribution in [0.4, 0.5) is 0 Å². The third-order valence-corrected chi connectivity index (χ3v) is 0.813. The second kappa shape index (κ2) is 5.01. The fraction of sp³-hybridized carbons (Fsp3) is 0.167. The van der Waals surface area contributed by atoms with Crippen LogP contribution in [0.3, 0.4) is 0 Å². The van der Waals surface area contributed by atoms with Gasteiger partial charge in [-0.15, -0.1) is 0 Å². The summed E-state index contributed by atoms with van der Waals surface area (Å²) in [6, 6.07) is 4.53. The van der Waals surface area contributed by atoms with Gasteiger partial charge < -0.3 is 9.72 Å². The van der Waals surface area contributed by atoms with E-state index >= 15 is 0 Å². The van der Waals surface area contributed by atoms with Crippen LogP contribution in [0.5, 0.6) is 5.75 Å². The van der Waals surface area contributed by atoms with E-state index in [2.05, 4.69) is 11.1 Å². The van der Waals surface area contributed by atoms with E-state index in [-0.39, 0.29) is 36.9 Å². The molecular formula is C6H6NOTm-. The maximum absolute atomic E-state index is 4.82. The van der Waals surface area contributed by atoms with Crippen LogP contribution in [0.2, 0.25) is 0 Å². The molecule has 2 nitrogen and oxygen atoms in total. The number of aromatic nitrogens is 1. The predicted molar refractivity (Wildman–Crippen MR) is 29.6 cm³/mol. The zero-order chi connectivity index (χ0) is 5.82. The molecule has 0 aliphatic rings. The third kappa shape index (κ3) is 3.02. The summed E-state index contributed by atoms with van der Waals surface area (Å²) in [6.45, 7) is 0. The minimum absolute atomic E-state index is 0. The third-order valence-electron chi connectivity index (χ3n) is 0.813. The molecule has 0 aliphatic carbocycles. The molecular weight excluding hydrogens is 271 g/mol. The molecule has 0 unspecified atom stereocenters. The van der Waals surface area contributed by atoms with Gasteiger partial charge in [0.1, 0.15) is 0 Å². The quantitative estimate of drug-likeness (QED) is 0.711. The van der Waals surface area contributed by atoms with Crippen LogP contribution in [0.1, 0.15) is 0 Å². The zero-order valence-electron chi connectivity index (χ0n) is 4.86. The maximum Gasteiger partial charge on any atom is 0.0729 e. The van der Waals surface area contributed by atoms with Crippen LogP contribution in [0.25, 0.3) is 0 Å². The van der Waals surface area contributed by atoms with Crippen molar-refractivity contribution >= 4 is 0 Å². The molecule has 0 fully saturated rings. The van der Waals surface area contributed by atoms with Gasteiger partial charge in [0.2, 0.25) is 0 Å². The number of nitrogens with zero attached hydrogens (tertiary/aromatic N) is 1. The average Bonchev–Trinajstić information content (AvgIpc) is 1.90. The Balaban J connectivity index is 0.000000640. The molecule has 0 aliphatic heterocycles. The molecule has 1 rings (SSSR count). The van der Waals surface area contributed by atoms with E-state index in [0.717, 1.165) is 5.75 Å². The van der Waals surface area contributed by atoms with Gasteiger partial charge in [0.25, 0.3) is 0 Å². The SMILES string of the molecule is COc1[c-]cncc1.[Tm]. The number of pyridine rings is 1. The molecule has 0 atom stereocenters. The van der Waals surface area contributed by atoms with Crippen LogP contribution in [-0.4, -0.2) is 12.1 Å². The Hall–Kier alpha value is 0.184. The molecule has 0 amide bonds. The Kier molecular flexibility index (Phi) is 5.11. The summed E-state index contributed by atoms with van der Waals surface area (Å²) in [5.74, 6) is 0.722. The molecule has 1 aromatic rings. The van der Waals surface area contributed by atoms with Crippen LogP contribution >= 0.6 is 0 Å². The molecule has 3 heteroatoms. The molecule has 0 aromatic carbocycles. The molecule has 9 heavy (non-hydrogen) atoms. The van der Waals surface area contributed by atoms with Crippen molar-refractivity contribution in [1.82, 2.24) is 4.98 Å². The Morgan fingerprint density at radius 2 is 2.44 bits per heavy atom. The van der Waals surface area contributed by atoms with Crippen LogP contribution in [-0.2, 0) is 0 Å². The van der Waals surface area contributed by atoms with Crippen molar-refractivity contribution in [2.45, 2.75) is 0 Å². The van der Waals surface area contributed by atoms with Gasteiger partial charge in [0, 0.05) is 36.9 Å². The van der Waals surface area contributed by atoms with Crippen LogP contribution in [0, 0.1) is 42.9 Å². The number of hydrogen-bond donors (Lipinski definition) is 0. The van der Waals surface area contributed by atoms with Gasteiger partial charge in [-0.1, -0.05) is 12.4 Å². The number of rotatable bonds is 1. The van der Waals surface area contributed by atoms with Crippen molar-refractivity contribution < 1.29 is 41.6 Å². The summed E-state index contributed by atoms with van der Waals surface area (Å²) in [6.07, 6.45) is 3.23. The summed E-state index contributed by atoms with van der Waals surface area (Å²) in [4.78, 5) is 3.76. The Morgan fingerprint density at radius 3 is 2.78 bits per heavy atom. The Morgan fingerprint density at radius 1 is 1.67 bits per heavy atom. The second-order valence-corrected chi connectivity index (χ2v) is 1.31. The summed E-state index contributed by atoms with van der Waals surface area (Å²) in [5.41, 5.74) is 0. The molecule has 1 aromatic heterocycles. The van der Waals surface area contributed by atoms with E-state index < -0.39 is 0 Å². The van der Waals surface area contributed by atoms with Gasteiger partial charge >= 0.3 is 0 Å². The first-order valence-electron chi connectivity index (χ1n) is 2.29. The van der Waals surface area contributed by atoms with Crippen molar-refractivity contribution in [1.29, 1.82) is 0 Å². The smallest absolute Gasteiger partial charge is 0.0729 e. The first-order valence-corrected chi connectivity index (χ1v) is 2.29. The Labute approximate surface area is 83.4 Å². The van der Waals surface area contributed by atoms with Crippen molar-refractivity contribution in [3.8, 4) is 5.75 Å². The minimum Gasteiger partial charge on any atom is -0.535 e. The van der Waals surface area contributed by atoms with Gasteiger partial charge in [-0.05, 0) is 5.75 Å². The summed E-state index contributed by atoms with van der Waals surface area (Å²) in [5, 5.41) is 0. The van der Waals surface area contributed by atoms with E-state index in [1.807, 2.05) is 0 Å². The molecule has 0 bridgehead atoms. The topological polar surface area (TPSA) is 22.1 Å². The molecule has 55 valence electrons. The molecule has 0 spiro atoms. The normalized spacial score (nSPS) is 7.67. The average molecular weight is 277 g/mol. The van der Waals surface area contributed by atoms with Crippen molar-refractivity contribution in [3.05, 3.63) is 24.5 Å². The van der Waals surface area contributed by atoms with E-state index in [4.69, 9.17) is 4.74 Å². The van der Waals surface area contributed by atoms with Gasteiger partial charge in [0.15, 0.2) is 0 Å². The van der Waals surface area contributed by atoms with Crippen molar-refractivity contribution in [2.75, 3.05) is 7.11 Å². The molecule has 1 radical (unpaired) electrons. The van der Waals surface area contributed by atoms with Crippen LogP contribution < -0.4 is 4.74 Å². The zero-order valence-corrected chi connectivity index (χ0v) is 6.64. The van der Waals surface area contributed by atoms with Crippen LogP contribution in [0.15, 0.2) is 18.5 Å². The fourth-order valence-electron chi connectivity index (χ4n) is 0.430. The van der Waals surface area contributed by atoms with Crippen molar-refractivity contribution in [3.63, 3.8) is 0 Å². The van der Waals surface area contributed by atoms with Gasteiger partial charge in [0.05, 0.1) is 7.11 Å².